The molecule has 4 nitrogen and oxygen atoms in total. The second kappa shape index (κ2) is 6.51. The van der Waals surface area contributed by atoms with Crippen molar-refractivity contribution in [2.45, 2.75) is 25.6 Å². The predicted molar refractivity (Wildman–Crippen MR) is 79.5 cm³/mol. The smallest absolute Gasteiger partial charge is 0.445 e. The molecule has 8 heteroatoms. The topological polar surface area (TPSA) is 38.2 Å². The van der Waals surface area contributed by atoms with E-state index in [1.807, 2.05) is 31.2 Å². The number of halogens is 3. The van der Waals surface area contributed by atoms with Gasteiger partial charge in [-0.15, -0.1) is 10.2 Å². The SMILES string of the molecule is COc1ccccc1CC(C)N(C)c1nnc(C(F)(F)F)s1. The van der Waals surface area contributed by atoms with Crippen molar-refractivity contribution < 1.29 is 17.9 Å². The van der Waals surface area contributed by atoms with E-state index >= 15 is 0 Å². The van der Waals surface area contributed by atoms with Gasteiger partial charge in [0, 0.05) is 13.1 Å². The molecule has 2 rings (SSSR count). The van der Waals surface area contributed by atoms with Crippen LogP contribution in [-0.4, -0.2) is 30.4 Å². The standard InChI is InChI=1S/C14H16F3N3OS/c1-9(8-10-6-4-5-7-11(10)21-3)20(2)13-19-18-12(22-13)14(15,16)17/h4-7,9H,8H2,1-3H3. The van der Waals surface area contributed by atoms with Crippen LogP contribution < -0.4 is 9.64 Å². The number of likely N-dealkylation sites (N-methyl/N-ethyl adjacent to an activating group) is 1. The summed E-state index contributed by atoms with van der Waals surface area (Å²) >= 11 is 0.544. The molecule has 120 valence electrons. The molecule has 1 atom stereocenters. The monoisotopic (exact) mass is 331 g/mol. The minimum atomic E-state index is -4.46. The van der Waals surface area contributed by atoms with Gasteiger partial charge in [-0.2, -0.15) is 13.2 Å². The Labute approximate surface area is 130 Å². The Morgan fingerprint density at radius 3 is 2.55 bits per heavy atom. The molecule has 0 aliphatic heterocycles. The molecule has 0 saturated carbocycles. The van der Waals surface area contributed by atoms with E-state index in [1.54, 1.807) is 19.1 Å². The maximum Gasteiger partial charge on any atom is 0.445 e. The fourth-order valence-corrected chi connectivity index (χ4v) is 2.76. The van der Waals surface area contributed by atoms with E-state index in [1.165, 1.54) is 0 Å². The third-order valence-corrected chi connectivity index (χ3v) is 4.39. The van der Waals surface area contributed by atoms with Gasteiger partial charge in [0.2, 0.25) is 10.1 Å². The molecule has 1 unspecified atom stereocenters. The molecule has 0 aliphatic carbocycles. The molecule has 0 bridgehead atoms. The quantitative estimate of drug-likeness (QED) is 0.838. The third-order valence-electron chi connectivity index (χ3n) is 3.33. The Kier molecular flexibility index (Phi) is 4.90. The Balaban J connectivity index is 2.12. The van der Waals surface area contributed by atoms with Crippen molar-refractivity contribution in [2.75, 3.05) is 19.1 Å². The lowest BCUT2D eigenvalue weighted by molar-refractivity contribution is -0.138. The number of hydrogen-bond donors (Lipinski definition) is 0. The zero-order chi connectivity index (χ0) is 16.3. The van der Waals surface area contributed by atoms with Gasteiger partial charge in [-0.3, -0.25) is 0 Å². The van der Waals surface area contributed by atoms with Crippen molar-refractivity contribution in [1.82, 2.24) is 10.2 Å². The highest BCUT2D eigenvalue weighted by molar-refractivity contribution is 7.15. The van der Waals surface area contributed by atoms with Crippen LogP contribution in [-0.2, 0) is 12.6 Å². The van der Waals surface area contributed by atoms with E-state index in [4.69, 9.17) is 4.74 Å². The molecule has 2 aromatic rings. The number of ether oxygens (including phenoxy) is 1. The highest BCUT2D eigenvalue weighted by Gasteiger charge is 2.36. The minimum absolute atomic E-state index is 0.0506. The molecule has 0 spiro atoms. The second-order valence-corrected chi connectivity index (χ2v) is 5.82. The molecular weight excluding hydrogens is 315 g/mol. The number of benzene rings is 1. The number of nitrogens with zero attached hydrogens (tertiary/aromatic N) is 3. The molecule has 1 aromatic carbocycles. The van der Waals surface area contributed by atoms with Crippen LogP contribution in [0.4, 0.5) is 18.3 Å². The van der Waals surface area contributed by atoms with Gasteiger partial charge in [0.25, 0.3) is 0 Å². The first-order valence-electron chi connectivity index (χ1n) is 6.58. The molecular formula is C14H16F3N3OS. The lowest BCUT2D eigenvalue weighted by Crippen LogP contribution is -2.30. The molecule has 0 fully saturated rings. The van der Waals surface area contributed by atoms with Gasteiger partial charge in [0.1, 0.15) is 5.75 Å². The number of alkyl halides is 3. The lowest BCUT2D eigenvalue weighted by Gasteiger charge is -2.24. The Hall–Kier alpha value is -1.83. The van der Waals surface area contributed by atoms with E-state index in [2.05, 4.69) is 10.2 Å². The second-order valence-electron chi connectivity index (χ2n) is 4.86. The van der Waals surface area contributed by atoms with Gasteiger partial charge in [-0.05, 0) is 25.0 Å². The van der Waals surface area contributed by atoms with Gasteiger partial charge in [-0.25, -0.2) is 0 Å². The van der Waals surface area contributed by atoms with Crippen molar-refractivity contribution in [3.8, 4) is 5.75 Å². The van der Waals surface area contributed by atoms with Crippen molar-refractivity contribution in [1.29, 1.82) is 0 Å². The van der Waals surface area contributed by atoms with E-state index < -0.39 is 11.2 Å². The Morgan fingerprint density at radius 2 is 1.95 bits per heavy atom. The summed E-state index contributed by atoms with van der Waals surface area (Å²) in [5.41, 5.74) is 0.991. The summed E-state index contributed by atoms with van der Waals surface area (Å²) in [4.78, 5) is 1.69. The maximum atomic E-state index is 12.6. The van der Waals surface area contributed by atoms with Crippen LogP contribution in [0.1, 0.15) is 17.5 Å². The van der Waals surface area contributed by atoms with Gasteiger partial charge in [0.05, 0.1) is 7.11 Å². The van der Waals surface area contributed by atoms with Crippen LogP contribution in [0.3, 0.4) is 0 Å². The van der Waals surface area contributed by atoms with Crippen LogP contribution in [0, 0.1) is 0 Å². The average molecular weight is 331 g/mol. The Morgan fingerprint density at radius 1 is 1.27 bits per heavy atom. The van der Waals surface area contributed by atoms with E-state index in [-0.39, 0.29) is 11.2 Å². The zero-order valence-corrected chi connectivity index (χ0v) is 13.2. The average Bonchev–Trinajstić information content (AvgIpc) is 2.96. The largest absolute Gasteiger partial charge is 0.496 e. The lowest BCUT2D eigenvalue weighted by atomic mass is 10.1. The number of anilines is 1. The van der Waals surface area contributed by atoms with Crippen molar-refractivity contribution >= 4 is 16.5 Å². The number of para-hydroxylation sites is 1. The normalized spacial score (nSPS) is 13.0. The van der Waals surface area contributed by atoms with Crippen LogP contribution in [0.5, 0.6) is 5.75 Å². The minimum Gasteiger partial charge on any atom is -0.496 e. The molecule has 1 heterocycles. The van der Waals surface area contributed by atoms with E-state index in [0.717, 1.165) is 11.3 Å². The molecule has 1 aromatic heterocycles. The summed E-state index contributed by atoms with van der Waals surface area (Å²) in [6.45, 7) is 1.92. The molecule has 0 N–H and O–H groups in total. The van der Waals surface area contributed by atoms with Crippen molar-refractivity contribution in [3.63, 3.8) is 0 Å². The highest BCUT2D eigenvalue weighted by atomic mass is 32.1. The first kappa shape index (κ1) is 16.5. The zero-order valence-electron chi connectivity index (χ0n) is 12.4. The van der Waals surface area contributed by atoms with Crippen LogP contribution in [0.15, 0.2) is 24.3 Å². The fraction of sp³-hybridized carbons (Fsp3) is 0.429. The number of rotatable bonds is 5. The molecule has 0 amide bonds. The first-order chi connectivity index (χ1) is 10.3. The third kappa shape index (κ3) is 3.68. The van der Waals surface area contributed by atoms with Crippen molar-refractivity contribution in [3.05, 3.63) is 34.8 Å². The maximum absolute atomic E-state index is 12.6. The summed E-state index contributed by atoms with van der Waals surface area (Å²) in [7, 11) is 3.30. The highest BCUT2D eigenvalue weighted by Crippen LogP contribution is 2.34. The number of aromatic nitrogens is 2. The van der Waals surface area contributed by atoms with E-state index in [9.17, 15) is 13.2 Å². The van der Waals surface area contributed by atoms with E-state index in [0.29, 0.717) is 17.8 Å². The molecule has 22 heavy (non-hydrogen) atoms. The Bertz CT molecular complexity index is 630. The van der Waals surface area contributed by atoms with Crippen LogP contribution in [0.25, 0.3) is 0 Å². The summed E-state index contributed by atoms with van der Waals surface area (Å²) in [5.74, 6) is 0.760. The van der Waals surface area contributed by atoms with Gasteiger partial charge in [0.15, 0.2) is 0 Å². The summed E-state index contributed by atoms with van der Waals surface area (Å²) in [6.07, 6.45) is -3.83. The first-order valence-corrected chi connectivity index (χ1v) is 7.40. The molecule has 0 saturated heterocycles. The van der Waals surface area contributed by atoms with Crippen LogP contribution >= 0.6 is 11.3 Å². The molecule has 0 radical (unpaired) electrons. The van der Waals surface area contributed by atoms with Gasteiger partial charge in [-0.1, -0.05) is 29.5 Å². The fourth-order valence-electron chi connectivity index (χ4n) is 1.99. The van der Waals surface area contributed by atoms with Crippen LogP contribution in [0.2, 0.25) is 0 Å². The van der Waals surface area contributed by atoms with Crippen molar-refractivity contribution in [2.24, 2.45) is 0 Å². The van der Waals surface area contributed by atoms with Gasteiger partial charge < -0.3 is 9.64 Å². The summed E-state index contributed by atoms with van der Waals surface area (Å²) in [6, 6.07) is 7.51. The van der Waals surface area contributed by atoms with Gasteiger partial charge >= 0.3 is 6.18 Å². The summed E-state index contributed by atoms with van der Waals surface area (Å²) < 4.78 is 43.0. The number of hydrogen-bond acceptors (Lipinski definition) is 5. The molecule has 0 aliphatic rings. The predicted octanol–water partition coefficient (Wildman–Crippen LogP) is 3.63. The summed E-state index contributed by atoms with van der Waals surface area (Å²) in [5, 5.41) is 6.15. The number of methoxy groups -OCH3 is 1.